The van der Waals surface area contributed by atoms with Gasteiger partial charge >= 0.3 is 5.63 Å². The Morgan fingerprint density at radius 1 is 1.23 bits per heavy atom. The number of carbonyl (C=O) groups excluding carboxylic acids is 2. The number of hydrogen-bond acceptors (Lipinski definition) is 6. The van der Waals surface area contributed by atoms with Gasteiger partial charge in [0.15, 0.2) is 6.61 Å². The molecule has 0 bridgehead atoms. The van der Waals surface area contributed by atoms with Crippen molar-refractivity contribution in [2.45, 2.75) is 12.3 Å². The topological polar surface area (TPSA) is 88.8 Å². The molecule has 9 heteroatoms. The molecule has 2 aromatic carbocycles. The molecule has 2 amide bonds. The number of carbonyl (C=O) groups is 2. The summed E-state index contributed by atoms with van der Waals surface area (Å²) in [5, 5.41) is 1.56. The number of amides is 2. The second kappa shape index (κ2) is 8.19. The molecule has 7 nitrogen and oxygen atoms in total. The van der Waals surface area contributed by atoms with Gasteiger partial charge in [-0.3, -0.25) is 15.0 Å². The van der Waals surface area contributed by atoms with Crippen LogP contribution in [0.1, 0.15) is 16.5 Å². The number of nitrogens with one attached hydrogen (secondary N) is 1. The summed E-state index contributed by atoms with van der Waals surface area (Å²) in [6.07, 6.45) is 0. The molecule has 154 valence electrons. The van der Waals surface area contributed by atoms with Crippen molar-refractivity contribution in [2.75, 3.05) is 12.4 Å². The monoisotopic (exact) mass is 428 g/mol. The molecule has 0 radical (unpaired) electrons. The third-order valence-electron chi connectivity index (χ3n) is 4.56. The third-order valence-corrected chi connectivity index (χ3v) is 5.77. The van der Waals surface area contributed by atoms with Crippen LogP contribution in [0.15, 0.2) is 57.7 Å². The minimum Gasteiger partial charge on any atom is -0.484 e. The molecule has 1 aliphatic heterocycles. The van der Waals surface area contributed by atoms with E-state index in [1.165, 1.54) is 41.0 Å². The summed E-state index contributed by atoms with van der Waals surface area (Å²) < 4.78 is 23.8. The van der Waals surface area contributed by atoms with Crippen LogP contribution in [0.3, 0.4) is 0 Å². The molecular formula is C21H17FN2O5S. The van der Waals surface area contributed by atoms with Crippen LogP contribution in [-0.2, 0) is 9.59 Å². The zero-order valence-electron chi connectivity index (χ0n) is 15.9. The summed E-state index contributed by atoms with van der Waals surface area (Å²) in [7, 11) is 0. The van der Waals surface area contributed by atoms with E-state index in [2.05, 4.69) is 5.43 Å². The Balaban J connectivity index is 1.42. The Morgan fingerprint density at radius 2 is 2.00 bits per heavy atom. The fourth-order valence-electron chi connectivity index (χ4n) is 3.13. The minimum absolute atomic E-state index is 0.201. The maximum Gasteiger partial charge on any atom is 0.336 e. The summed E-state index contributed by atoms with van der Waals surface area (Å²) in [4.78, 5) is 36.1. The Labute approximate surface area is 174 Å². The van der Waals surface area contributed by atoms with E-state index in [9.17, 15) is 18.8 Å². The van der Waals surface area contributed by atoms with E-state index in [1.54, 1.807) is 31.2 Å². The highest BCUT2D eigenvalue weighted by Gasteiger charge is 2.34. The van der Waals surface area contributed by atoms with Gasteiger partial charge in [-0.15, -0.1) is 11.8 Å². The summed E-state index contributed by atoms with van der Waals surface area (Å²) in [6.45, 7) is 1.46. The highest BCUT2D eigenvalue weighted by molar-refractivity contribution is 8.00. The number of ether oxygens (including phenoxy) is 1. The third kappa shape index (κ3) is 4.16. The number of aryl methyl sites for hydroxylation is 1. The first-order chi connectivity index (χ1) is 14.4. The first-order valence-electron chi connectivity index (χ1n) is 9.06. The number of fused-ring (bicyclic) bond motifs is 1. The van der Waals surface area contributed by atoms with Gasteiger partial charge in [0.05, 0.1) is 5.75 Å². The second-order valence-electron chi connectivity index (χ2n) is 6.71. The lowest BCUT2D eigenvalue weighted by Gasteiger charge is -2.24. The van der Waals surface area contributed by atoms with Crippen molar-refractivity contribution in [1.82, 2.24) is 10.4 Å². The predicted molar refractivity (Wildman–Crippen MR) is 109 cm³/mol. The smallest absolute Gasteiger partial charge is 0.336 e. The van der Waals surface area contributed by atoms with Gasteiger partial charge in [0, 0.05) is 17.5 Å². The molecule has 0 spiro atoms. The van der Waals surface area contributed by atoms with Crippen LogP contribution in [0.5, 0.6) is 5.75 Å². The molecular weight excluding hydrogens is 411 g/mol. The fourth-order valence-corrected chi connectivity index (χ4v) is 4.24. The van der Waals surface area contributed by atoms with Crippen molar-refractivity contribution in [1.29, 1.82) is 0 Å². The maximum absolute atomic E-state index is 13.2. The summed E-state index contributed by atoms with van der Waals surface area (Å²) >= 11 is 1.33. The van der Waals surface area contributed by atoms with Gasteiger partial charge in [-0.1, -0.05) is 12.1 Å². The standard InChI is InChI=1S/C21H17FN2O5S/c1-12-8-20(27)29-17-9-15(6-7-16(12)17)28-10-18(25)23-24-19(26)11-30-21(24)13-2-4-14(22)5-3-13/h2-9,21H,10-11H2,1H3,(H,23,25). The molecule has 1 N–H and O–H groups in total. The molecule has 1 aromatic heterocycles. The predicted octanol–water partition coefficient (Wildman–Crippen LogP) is 2.92. The van der Waals surface area contributed by atoms with Gasteiger partial charge in [0.2, 0.25) is 0 Å². The normalized spacial score (nSPS) is 16.1. The molecule has 4 rings (SSSR count). The van der Waals surface area contributed by atoms with Crippen molar-refractivity contribution in [3.8, 4) is 5.75 Å². The van der Waals surface area contributed by atoms with Crippen LogP contribution in [0.25, 0.3) is 11.0 Å². The average molecular weight is 428 g/mol. The Kier molecular flexibility index (Phi) is 5.45. The molecule has 2 heterocycles. The average Bonchev–Trinajstić information content (AvgIpc) is 3.07. The van der Waals surface area contributed by atoms with Crippen molar-refractivity contribution < 1.29 is 23.1 Å². The summed E-state index contributed by atoms with van der Waals surface area (Å²) in [5.74, 6) is -0.608. The van der Waals surface area contributed by atoms with Gasteiger partial charge in [0.25, 0.3) is 11.8 Å². The SMILES string of the molecule is Cc1cc(=O)oc2cc(OCC(=O)NN3C(=O)CSC3c3ccc(F)cc3)ccc12. The lowest BCUT2D eigenvalue weighted by Crippen LogP contribution is -2.46. The summed E-state index contributed by atoms with van der Waals surface area (Å²) in [6, 6.07) is 12.1. The van der Waals surface area contributed by atoms with E-state index in [-0.39, 0.29) is 24.1 Å². The zero-order chi connectivity index (χ0) is 21.3. The molecule has 1 atom stereocenters. The molecule has 1 aliphatic rings. The fraction of sp³-hybridized carbons (Fsp3) is 0.190. The minimum atomic E-state index is -0.524. The lowest BCUT2D eigenvalue weighted by molar-refractivity contribution is -0.140. The lowest BCUT2D eigenvalue weighted by atomic mass is 10.1. The van der Waals surface area contributed by atoms with Gasteiger partial charge in [-0.05, 0) is 42.3 Å². The van der Waals surface area contributed by atoms with E-state index < -0.39 is 16.9 Å². The Bertz CT molecular complexity index is 1180. The van der Waals surface area contributed by atoms with Crippen LogP contribution in [-0.4, -0.2) is 29.2 Å². The number of hydrogen-bond donors (Lipinski definition) is 1. The molecule has 30 heavy (non-hydrogen) atoms. The van der Waals surface area contributed by atoms with E-state index in [0.29, 0.717) is 16.9 Å². The quantitative estimate of drug-likeness (QED) is 0.629. The van der Waals surface area contributed by atoms with Crippen molar-refractivity contribution in [3.05, 3.63) is 75.9 Å². The van der Waals surface area contributed by atoms with Crippen LogP contribution >= 0.6 is 11.8 Å². The van der Waals surface area contributed by atoms with Gasteiger partial charge in [-0.25, -0.2) is 14.2 Å². The number of benzene rings is 2. The number of rotatable bonds is 5. The number of halogens is 1. The van der Waals surface area contributed by atoms with Gasteiger partial charge < -0.3 is 9.15 Å². The van der Waals surface area contributed by atoms with Crippen molar-refractivity contribution >= 4 is 34.5 Å². The number of hydrazine groups is 1. The number of thioether (sulfide) groups is 1. The van der Waals surface area contributed by atoms with Gasteiger partial charge in [-0.2, -0.15) is 0 Å². The molecule has 1 fully saturated rings. The van der Waals surface area contributed by atoms with Crippen LogP contribution in [0.2, 0.25) is 0 Å². The first kappa shape index (κ1) is 20.0. The summed E-state index contributed by atoms with van der Waals surface area (Å²) in [5.41, 5.74) is 3.93. The van der Waals surface area contributed by atoms with Crippen molar-refractivity contribution in [2.24, 2.45) is 0 Å². The van der Waals surface area contributed by atoms with Crippen LogP contribution in [0, 0.1) is 12.7 Å². The van der Waals surface area contributed by atoms with E-state index >= 15 is 0 Å². The Morgan fingerprint density at radius 3 is 2.77 bits per heavy atom. The molecule has 1 saturated heterocycles. The largest absolute Gasteiger partial charge is 0.484 e. The molecule has 3 aromatic rings. The van der Waals surface area contributed by atoms with E-state index in [4.69, 9.17) is 9.15 Å². The Hall–Kier alpha value is -3.33. The highest BCUT2D eigenvalue weighted by Crippen LogP contribution is 2.37. The van der Waals surface area contributed by atoms with Gasteiger partial charge in [0.1, 0.15) is 22.5 Å². The molecule has 1 unspecified atom stereocenters. The molecule has 0 saturated carbocycles. The van der Waals surface area contributed by atoms with E-state index in [1.807, 2.05) is 0 Å². The molecule has 0 aliphatic carbocycles. The maximum atomic E-state index is 13.2. The van der Waals surface area contributed by atoms with Crippen LogP contribution < -0.4 is 15.8 Å². The zero-order valence-corrected chi connectivity index (χ0v) is 16.7. The number of nitrogens with zero attached hydrogens (tertiary/aromatic N) is 1. The van der Waals surface area contributed by atoms with Crippen LogP contribution in [0.4, 0.5) is 4.39 Å². The van der Waals surface area contributed by atoms with E-state index in [0.717, 1.165) is 10.9 Å². The highest BCUT2D eigenvalue weighted by atomic mass is 32.2. The first-order valence-corrected chi connectivity index (χ1v) is 10.1. The van der Waals surface area contributed by atoms with Crippen molar-refractivity contribution in [3.63, 3.8) is 0 Å². The second-order valence-corrected chi connectivity index (χ2v) is 7.78.